The molecule has 0 radical (unpaired) electrons. The van der Waals surface area contributed by atoms with Crippen molar-refractivity contribution in [2.45, 2.75) is 0 Å². The summed E-state index contributed by atoms with van der Waals surface area (Å²) < 4.78 is 0. The molecule has 0 nitrogen and oxygen atoms in total. The molecule has 0 unspecified atom stereocenters. The van der Waals surface area contributed by atoms with Crippen molar-refractivity contribution in [3.05, 3.63) is 13.3 Å². The van der Waals surface area contributed by atoms with Crippen molar-refractivity contribution in [2.75, 3.05) is 0 Å². The molecule has 0 aliphatic heterocycles. The Morgan fingerprint density at radius 1 is 0.229 bits per heavy atom. The van der Waals surface area contributed by atoms with Crippen LogP contribution in [0.2, 0.25) is 0 Å². The van der Waals surface area contributed by atoms with E-state index in [0.29, 0.717) is 0 Å². The van der Waals surface area contributed by atoms with E-state index in [1.54, 1.807) is 0 Å². The fraction of sp³-hybridized carbons (Fsp3) is 0. The van der Waals surface area contributed by atoms with Gasteiger partial charge >= 0.3 is 0 Å². The van der Waals surface area contributed by atoms with Crippen LogP contribution in [0.15, 0.2) is 0 Å². The molecule has 0 aromatic carbocycles. The predicted octanol–water partition coefficient (Wildman–Crippen LogP) is 0.465. The molecule has 0 atom stereocenters. The molecule has 35 heavy (non-hydrogen) atoms. The highest BCUT2D eigenvalue weighted by Gasteiger charge is 1.59. The molecule has 0 amide bonds. The third kappa shape index (κ3) is 26.4. The standard InChI is InChI=1S/C35H2/c1-3-5-7-9-11-13-15-17-19-21-23-25-27-29-31-33-35-34-32-30-28-26-24-22-20-18-16-14-12-10-8-6-4-2/h1H2/q-2. The molecular weight excluding hydrogens is 420 g/mol. The summed E-state index contributed by atoms with van der Waals surface area (Å²) in [4.78, 5) is 0. The first-order chi connectivity index (χ1) is 17.4. The van der Waals surface area contributed by atoms with Crippen LogP contribution in [0.25, 0.3) is 0 Å². The van der Waals surface area contributed by atoms with Gasteiger partial charge in [0.25, 0.3) is 0 Å². The molecule has 0 N–H and O–H groups in total. The third-order valence-corrected chi connectivity index (χ3v) is 2.03. The normalized spacial score (nSPS) is 3.86. The molecule has 144 valence electrons. The first-order valence-corrected chi connectivity index (χ1v) is 8.60. The zero-order valence-corrected chi connectivity index (χ0v) is 17.7. The fourth-order valence-electron chi connectivity index (χ4n) is 0.982. The summed E-state index contributed by atoms with van der Waals surface area (Å²) in [6.07, 6.45) is 6.54. The van der Waals surface area contributed by atoms with Gasteiger partial charge in [-0.1, -0.05) is 0 Å². The van der Waals surface area contributed by atoms with E-state index < -0.39 is 0 Å². The van der Waals surface area contributed by atoms with Crippen LogP contribution in [0, 0.1) is 209 Å². The summed E-state index contributed by atoms with van der Waals surface area (Å²) in [7, 11) is 0. The van der Waals surface area contributed by atoms with Gasteiger partial charge in [-0.2, -0.15) is 6.92 Å². The fourth-order valence-corrected chi connectivity index (χ4v) is 0.982. The molecule has 0 bridgehead atoms. The Morgan fingerprint density at radius 3 is 0.514 bits per heavy atom. The number of hydrogen-bond donors (Lipinski definition) is 0. The largest absolute Gasteiger partial charge is 0.358 e. The molecular formula is C35H2-2. The average Bonchev–Trinajstić information content (AvgIpc) is 2.87. The van der Waals surface area contributed by atoms with Crippen LogP contribution in [-0.2, 0) is 0 Å². The zero-order valence-electron chi connectivity index (χ0n) is 17.7. The van der Waals surface area contributed by atoms with Crippen molar-refractivity contribution >= 4 is 0 Å². The maximum absolute atomic E-state index is 6.54. The van der Waals surface area contributed by atoms with Crippen molar-refractivity contribution < 1.29 is 0 Å². The molecule has 0 aromatic rings. The second-order valence-electron chi connectivity index (χ2n) is 4.18. The van der Waals surface area contributed by atoms with Crippen LogP contribution >= 0.6 is 0 Å². The van der Waals surface area contributed by atoms with Gasteiger partial charge in [0.15, 0.2) is 0 Å². The summed E-state index contributed by atoms with van der Waals surface area (Å²) in [6, 6.07) is 0. The van der Waals surface area contributed by atoms with Gasteiger partial charge in [0.1, 0.15) is 0 Å². The lowest BCUT2D eigenvalue weighted by molar-refractivity contribution is 2.31. The highest BCUT2D eigenvalue weighted by molar-refractivity contribution is 5.49. The lowest BCUT2D eigenvalue weighted by Crippen LogP contribution is -1.57. The van der Waals surface area contributed by atoms with E-state index in [1.165, 1.54) is 0 Å². The van der Waals surface area contributed by atoms with E-state index in [1.807, 2.05) is 5.92 Å². The maximum Gasteiger partial charge on any atom is 0 e. The molecule has 0 spiro atoms. The smallest absolute Gasteiger partial charge is 0 e. The topological polar surface area (TPSA) is 0 Å². The Hall–Kier alpha value is -7.61. The lowest BCUT2D eigenvalue weighted by atomic mass is 10.4. The van der Waals surface area contributed by atoms with Crippen molar-refractivity contribution in [2.24, 2.45) is 0 Å². The second kappa shape index (κ2) is 26.4. The summed E-state index contributed by atoms with van der Waals surface area (Å²) >= 11 is 0. The summed E-state index contributed by atoms with van der Waals surface area (Å²) in [5.74, 6) is 80.7. The summed E-state index contributed by atoms with van der Waals surface area (Å²) in [5, 5.41) is 0. The molecule has 0 heteroatoms. The summed E-state index contributed by atoms with van der Waals surface area (Å²) in [5.41, 5.74) is 0. The Kier molecular flexibility index (Phi) is 20.7. The second-order valence-corrected chi connectivity index (χ2v) is 4.18. The minimum atomic E-state index is 1.87. The highest BCUT2D eigenvalue weighted by Crippen LogP contribution is 1.60. The van der Waals surface area contributed by atoms with E-state index in [-0.39, 0.29) is 0 Å². The SMILES string of the molecule is [C-]#CC#CC#CC#CC#CC#CC#CC#CC#CC#CC#CC#CC#CC#CC#CC#CC#C[CH2-]. The van der Waals surface area contributed by atoms with E-state index >= 15 is 0 Å². The zero-order chi connectivity index (χ0) is 25.3. The van der Waals surface area contributed by atoms with Crippen molar-refractivity contribution in [1.29, 1.82) is 0 Å². The number of rotatable bonds is 0. The Labute approximate surface area is 208 Å². The maximum atomic E-state index is 6.54. The first kappa shape index (κ1) is 27.4. The molecule has 0 heterocycles. The molecule has 0 aromatic heterocycles. The number of hydrogen-bond acceptors (Lipinski definition) is 0. The molecule has 0 aliphatic rings. The molecule has 0 aliphatic carbocycles. The van der Waals surface area contributed by atoms with E-state index in [0.717, 1.165) is 0 Å². The summed E-state index contributed by atoms with van der Waals surface area (Å²) in [6.45, 7) is 3.31. The van der Waals surface area contributed by atoms with E-state index in [4.69, 9.17) is 6.42 Å². The Bertz CT molecular complexity index is 1930. The van der Waals surface area contributed by atoms with E-state index in [9.17, 15) is 0 Å². The molecule has 0 fully saturated rings. The lowest BCUT2D eigenvalue weighted by Gasteiger charge is -1.64. The quantitative estimate of drug-likeness (QED) is 0.393. The highest BCUT2D eigenvalue weighted by atomic mass is 13.6. The molecule has 0 saturated heterocycles. The monoisotopic (exact) mass is 422 g/mol. The van der Waals surface area contributed by atoms with Gasteiger partial charge in [-0.25, -0.2) is 11.8 Å². The molecule has 0 rings (SSSR count). The Morgan fingerprint density at radius 2 is 0.371 bits per heavy atom. The van der Waals surface area contributed by atoms with Gasteiger partial charge in [-0.05, 0) is 94.7 Å². The van der Waals surface area contributed by atoms with Crippen LogP contribution < -0.4 is 0 Å². The third-order valence-electron chi connectivity index (χ3n) is 2.03. The van der Waals surface area contributed by atoms with Crippen LogP contribution in [0.4, 0.5) is 0 Å². The van der Waals surface area contributed by atoms with Crippen LogP contribution in [0.1, 0.15) is 0 Å². The average molecular weight is 422 g/mol. The molecule has 0 saturated carbocycles. The predicted molar refractivity (Wildman–Crippen MR) is 137 cm³/mol. The van der Waals surface area contributed by atoms with Gasteiger partial charge in [0, 0.05) is 65.1 Å². The minimum Gasteiger partial charge on any atom is -0.358 e. The minimum absolute atomic E-state index is 1.87. The van der Waals surface area contributed by atoms with Gasteiger partial charge in [-0.3, -0.25) is 11.8 Å². The van der Waals surface area contributed by atoms with E-state index in [2.05, 4.69) is 196 Å². The van der Waals surface area contributed by atoms with Gasteiger partial charge in [-0.15, -0.1) is 11.8 Å². The van der Waals surface area contributed by atoms with Gasteiger partial charge in [0.05, 0.1) is 0 Å². The van der Waals surface area contributed by atoms with Crippen molar-refractivity contribution in [3.63, 3.8) is 0 Å². The van der Waals surface area contributed by atoms with Crippen LogP contribution in [-0.4, -0.2) is 0 Å². The van der Waals surface area contributed by atoms with Crippen molar-refractivity contribution in [3.8, 4) is 195 Å². The van der Waals surface area contributed by atoms with Gasteiger partial charge < -0.3 is 6.42 Å². The Balaban J connectivity index is 4.49. The van der Waals surface area contributed by atoms with Crippen LogP contribution in [0.5, 0.6) is 0 Å². The van der Waals surface area contributed by atoms with Crippen molar-refractivity contribution in [1.82, 2.24) is 0 Å². The van der Waals surface area contributed by atoms with Crippen LogP contribution in [0.3, 0.4) is 0 Å². The van der Waals surface area contributed by atoms with Gasteiger partial charge in [0.2, 0.25) is 0 Å². The first-order valence-electron chi connectivity index (χ1n) is 8.60.